The number of sulfonamides is 2. The molecule has 0 bridgehead atoms. The van der Waals surface area contributed by atoms with E-state index in [0.717, 1.165) is 32.2 Å². The molecule has 1 unspecified atom stereocenters. The van der Waals surface area contributed by atoms with E-state index in [9.17, 15) is 16.8 Å². The number of rotatable bonds is 6. The molecule has 0 aliphatic carbocycles. The first-order valence-corrected chi connectivity index (χ1v) is 11.2. The van der Waals surface area contributed by atoms with Crippen LogP contribution in [0.25, 0.3) is 0 Å². The van der Waals surface area contributed by atoms with Crippen LogP contribution in [0.3, 0.4) is 0 Å². The first-order chi connectivity index (χ1) is 11.4. The molecular weight excluding hydrogens is 386 g/mol. The molecular formula is C15H24ClN3O4S2. The van der Waals surface area contributed by atoms with Crippen molar-refractivity contribution in [1.29, 1.82) is 0 Å². The monoisotopic (exact) mass is 409 g/mol. The van der Waals surface area contributed by atoms with Gasteiger partial charge < -0.3 is 5.32 Å². The van der Waals surface area contributed by atoms with E-state index in [2.05, 4.69) is 10.0 Å². The highest BCUT2D eigenvalue weighted by atomic mass is 35.5. The quantitative estimate of drug-likeness (QED) is 0.728. The van der Waals surface area contributed by atoms with Gasteiger partial charge in [0.2, 0.25) is 20.0 Å². The van der Waals surface area contributed by atoms with Gasteiger partial charge in [-0.3, -0.25) is 0 Å². The predicted octanol–water partition coefficient (Wildman–Crippen LogP) is 0.923. The van der Waals surface area contributed by atoms with E-state index in [1.165, 1.54) is 16.4 Å². The Kier molecular flexibility index (Phi) is 6.86. The van der Waals surface area contributed by atoms with Gasteiger partial charge >= 0.3 is 0 Å². The van der Waals surface area contributed by atoms with E-state index in [-0.39, 0.29) is 34.8 Å². The van der Waals surface area contributed by atoms with E-state index in [1.807, 2.05) is 0 Å². The Morgan fingerprint density at radius 2 is 1.68 bits per heavy atom. The van der Waals surface area contributed by atoms with E-state index >= 15 is 0 Å². The van der Waals surface area contributed by atoms with Gasteiger partial charge in [-0.25, -0.2) is 21.6 Å². The summed E-state index contributed by atoms with van der Waals surface area (Å²) in [5, 5.41) is 3.22. The fourth-order valence-corrected chi connectivity index (χ4v) is 6.57. The summed E-state index contributed by atoms with van der Waals surface area (Å²) in [6, 6.07) is 5.93. The van der Waals surface area contributed by atoms with Crippen LogP contribution in [0.2, 0.25) is 0 Å². The van der Waals surface area contributed by atoms with Crippen LogP contribution in [0.5, 0.6) is 0 Å². The van der Waals surface area contributed by atoms with E-state index in [4.69, 9.17) is 0 Å². The number of benzene rings is 1. The highest BCUT2D eigenvalue weighted by Crippen LogP contribution is 2.26. The van der Waals surface area contributed by atoms with E-state index < -0.39 is 20.0 Å². The van der Waals surface area contributed by atoms with Crippen LogP contribution >= 0.6 is 12.4 Å². The first kappa shape index (κ1) is 20.6. The third-order valence-electron chi connectivity index (χ3n) is 4.50. The second kappa shape index (κ2) is 8.32. The van der Waals surface area contributed by atoms with Gasteiger partial charge in [0.05, 0.1) is 0 Å². The van der Waals surface area contributed by atoms with Crippen molar-refractivity contribution in [3.8, 4) is 0 Å². The minimum absolute atomic E-state index is 0. The zero-order valence-corrected chi connectivity index (χ0v) is 16.3. The summed E-state index contributed by atoms with van der Waals surface area (Å²) in [4.78, 5) is -0.311. The van der Waals surface area contributed by atoms with Crippen LogP contribution in [0.4, 0.5) is 0 Å². The maximum Gasteiger partial charge on any atom is 0.244 e. The zero-order valence-electron chi connectivity index (χ0n) is 13.8. The highest BCUT2D eigenvalue weighted by Gasteiger charge is 2.32. The number of nitrogens with zero attached hydrogens (tertiary/aromatic N) is 1. The maximum absolute atomic E-state index is 12.8. The summed E-state index contributed by atoms with van der Waals surface area (Å²) in [6.45, 7) is 2.03. The Balaban J connectivity index is 0.00000225. The van der Waals surface area contributed by atoms with E-state index in [1.54, 1.807) is 12.1 Å². The summed E-state index contributed by atoms with van der Waals surface area (Å²) in [7, 11) is -7.68. The molecule has 2 N–H and O–H groups in total. The molecule has 3 rings (SSSR count). The lowest BCUT2D eigenvalue weighted by molar-refractivity contribution is 0.474. The molecule has 0 aromatic heterocycles. The molecule has 1 atom stereocenters. The molecule has 2 saturated heterocycles. The second-order valence-corrected chi connectivity index (χ2v) is 9.84. The highest BCUT2D eigenvalue weighted by molar-refractivity contribution is 7.92. The van der Waals surface area contributed by atoms with Gasteiger partial charge in [-0.1, -0.05) is 12.1 Å². The maximum atomic E-state index is 12.8. The topological polar surface area (TPSA) is 95.6 Å². The third kappa shape index (κ3) is 4.53. The van der Waals surface area contributed by atoms with Crippen LogP contribution < -0.4 is 10.0 Å². The van der Waals surface area contributed by atoms with Crippen molar-refractivity contribution in [1.82, 2.24) is 14.3 Å². The summed E-state index contributed by atoms with van der Waals surface area (Å²) >= 11 is 0. The molecule has 0 radical (unpaired) electrons. The molecule has 1 aromatic carbocycles. The van der Waals surface area contributed by atoms with Crippen molar-refractivity contribution in [3.63, 3.8) is 0 Å². The van der Waals surface area contributed by atoms with Crippen molar-refractivity contribution in [3.05, 3.63) is 24.3 Å². The van der Waals surface area contributed by atoms with Crippen molar-refractivity contribution in [2.24, 2.45) is 0 Å². The summed E-state index contributed by atoms with van der Waals surface area (Å²) in [5.41, 5.74) is 0. The van der Waals surface area contributed by atoms with Gasteiger partial charge in [-0.2, -0.15) is 4.31 Å². The standard InChI is InChI=1S/C15H23N3O4S2.ClH/c19-23(20,17-12-13-6-5-9-16-13)14-7-1-2-8-15(14)24(21,22)18-10-3-4-11-18;/h1-2,7-8,13,16-17H,3-6,9-12H2;1H. The van der Waals surface area contributed by atoms with Crippen molar-refractivity contribution >= 4 is 32.5 Å². The van der Waals surface area contributed by atoms with Gasteiger partial charge in [0.15, 0.2) is 0 Å². The largest absolute Gasteiger partial charge is 0.313 e. The Bertz CT molecular complexity index is 787. The second-order valence-electron chi connectivity index (χ2n) is 6.20. The molecule has 2 aliphatic rings. The minimum atomic E-state index is -3.89. The molecule has 7 nitrogen and oxygen atoms in total. The zero-order chi connectivity index (χ0) is 17.2. The van der Waals surface area contributed by atoms with Gasteiger partial charge in [-0.15, -0.1) is 12.4 Å². The van der Waals surface area contributed by atoms with Gasteiger partial charge in [0, 0.05) is 25.7 Å². The Labute approximate surface area is 155 Å². The van der Waals surface area contributed by atoms with Gasteiger partial charge in [0.1, 0.15) is 9.79 Å². The van der Waals surface area contributed by atoms with Crippen molar-refractivity contribution < 1.29 is 16.8 Å². The van der Waals surface area contributed by atoms with Crippen LogP contribution in [0.15, 0.2) is 34.1 Å². The van der Waals surface area contributed by atoms with Crippen molar-refractivity contribution in [2.45, 2.75) is 41.5 Å². The molecule has 142 valence electrons. The normalized spacial score (nSPS) is 22.0. The molecule has 0 amide bonds. The lowest BCUT2D eigenvalue weighted by Gasteiger charge is -2.19. The Morgan fingerprint density at radius 1 is 1.04 bits per heavy atom. The van der Waals surface area contributed by atoms with Crippen LogP contribution in [0, 0.1) is 0 Å². The predicted molar refractivity (Wildman–Crippen MR) is 97.9 cm³/mol. The number of hydrogen-bond donors (Lipinski definition) is 2. The number of nitrogens with one attached hydrogen (secondary N) is 2. The van der Waals surface area contributed by atoms with Gasteiger partial charge in [0.25, 0.3) is 0 Å². The smallest absolute Gasteiger partial charge is 0.244 e. The molecule has 2 heterocycles. The molecule has 2 aliphatic heterocycles. The van der Waals surface area contributed by atoms with Crippen LogP contribution in [-0.4, -0.2) is 53.4 Å². The SMILES string of the molecule is Cl.O=S(=O)(NCC1CCCN1)c1ccccc1S(=O)(=O)N1CCCC1. The number of halogens is 1. The molecule has 25 heavy (non-hydrogen) atoms. The van der Waals surface area contributed by atoms with Crippen LogP contribution in [0.1, 0.15) is 25.7 Å². The summed E-state index contributed by atoms with van der Waals surface area (Å²) < 4.78 is 54.8. The molecule has 0 saturated carbocycles. The fourth-order valence-electron chi connectivity index (χ4n) is 3.17. The van der Waals surface area contributed by atoms with Gasteiger partial charge in [-0.05, 0) is 44.4 Å². The molecule has 0 spiro atoms. The lowest BCUT2D eigenvalue weighted by atomic mass is 10.2. The average Bonchev–Trinajstić information content (AvgIpc) is 3.26. The summed E-state index contributed by atoms with van der Waals surface area (Å²) in [6.07, 6.45) is 3.54. The Morgan fingerprint density at radius 3 is 2.28 bits per heavy atom. The van der Waals surface area contributed by atoms with Crippen LogP contribution in [-0.2, 0) is 20.0 Å². The first-order valence-electron chi connectivity index (χ1n) is 8.23. The molecule has 1 aromatic rings. The average molecular weight is 410 g/mol. The lowest BCUT2D eigenvalue weighted by Crippen LogP contribution is -2.38. The van der Waals surface area contributed by atoms with Crippen molar-refractivity contribution in [2.75, 3.05) is 26.2 Å². The third-order valence-corrected chi connectivity index (χ3v) is 8.07. The fraction of sp³-hybridized carbons (Fsp3) is 0.600. The molecule has 2 fully saturated rings. The Hall–Kier alpha value is -0.710. The molecule has 10 heteroatoms. The summed E-state index contributed by atoms with van der Waals surface area (Å²) in [5.74, 6) is 0. The number of hydrogen-bond acceptors (Lipinski definition) is 5. The minimum Gasteiger partial charge on any atom is -0.313 e. The van der Waals surface area contributed by atoms with E-state index in [0.29, 0.717) is 13.1 Å².